The van der Waals surface area contributed by atoms with E-state index in [9.17, 15) is 28.4 Å². The van der Waals surface area contributed by atoms with Crippen LogP contribution in [0, 0.1) is 9.39 Å². The SMILES string of the molecule is C[C@@H]1N=C(c2ccccc2I)c2cc(C3CC3)ccc2-n2cnc(C(N)=O)c21.C[C@H]1N=C(c2ccccc2Cl)c2cc(C3CC3)ccc2-n2cnc(C(N)=O)c21.C[C@H]1N=C(c2ccccc2F)c2cc(C3CC3)ccc2-n2cnc(C(N)=O)c21.NC(=O)c1ncn2c1CN=C(c1ccccc1Br)c1cc(C3CC3)ccc1-2.NC(=O)c1ncn2c1CN=C(c1ccccn1)c1cc(C3CC3)ccc1-2. The maximum absolute atomic E-state index is 14.7. The number of nitrogens with zero attached hydrogens (tertiary/aromatic N) is 16. The summed E-state index contributed by atoms with van der Waals surface area (Å²) in [6, 6.07) is 67.8. The number of halogens is 4. The fourth-order valence-electron chi connectivity index (χ4n) is 19.1. The third-order valence-corrected chi connectivity index (χ3v) is 28.5. The molecule has 3 atom stereocenters. The summed E-state index contributed by atoms with van der Waals surface area (Å²) in [6.07, 6.45) is 22.2. The van der Waals surface area contributed by atoms with Crippen LogP contribution in [0.4, 0.5) is 4.39 Å². The van der Waals surface area contributed by atoms with E-state index in [1.807, 2.05) is 122 Å². The molecule has 9 aromatic carbocycles. The molecule has 5 aliphatic carbocycles. The second-order valence-corrected chi connectivity index (χ2v) is 38.3. The fraction of sp³-hybridized carbons (Fsp3) is 0.215. The van der Waals surface area contributed by atoms with Crippen LogP contribution < -0.4 is 28.7 Å². The van der Waals surface area contributed by atoms with E-state index >= 15 is 0 Å². The molecule has 10 N–H and O–H groups in total. The van der Waals surface area contributed by atoms with Gasteiger partial charge in [-0.2, -0.15) is 0 Å². The Morgan fingerprint density at radius 3 is 1.03 bits per heavy atom. The molecule has 5 saturated carbocycles. The number of hydrogen-bond acceptors (Lipinski definition) is 16. The Kier molecular flexibility index (Phi) is 23.7. The lowest BCUT2D eigenvalue weighted by Gasteiger charge is -2.14. The topological polar surface area (TPSA) is 379 Å². The molecule has 5 aliphatic heterocycles. The summed E-state index contributed by atoms with van der Waals surface area (Å²) < 4.78 is 26.5. The highest BCUT2D eigenvalue weighted by atomic mass is 127. The van der Waals surface area contributed by atoms with Crippen LogP contribution in [0.25, 0.3) is 28.4 Å². The van der Waals surface area contributed by atoms with Gasteiger partial charge in [0.25, 0.3) is 29.5 Å². The first-order valence-electron chi connectivity index (χ1n) is 45.8. The summed E-state index contributed by atoms with van der Waals surface area (Å²) in [4.78, 5) is 110. The van der Waals surface area contributed by atoms with Crippen molar-refractivity contribution in [2.75, 3.05) is 0 Å². The summed E-state index contributed by atoms with van der Waals surface area (Å²) in [7, 11) is 0. The van der Waals surface area contributed by atoms with Gasteiger partial charge in [0.05, 0.1) is 122 Å². The molecule has 30 heteroatoms. The van der Waals surface area contributed by atoms with Gasteiger partial charge in [0, 0.05) is 69.3 Å². The minimum atomic E-state index is -0.596. The zero-order chi connectivity index (χ0) is 94.5. The van der Waals surface area contributed by atoms with Gasteiger partial charge in [0.15, 0.2) is 28.5 Å². The van der Waals surface area contributed by atoms with Gasteiger partial charge in [-0.3, -0.25) is 76.8 Å². The van der Waals surface area contributed by atoms with Crippen molar-refractivity contribution in [1.82, 2.24) is 52.7 Å². The highest BCUT2D eigenvalue weighted by Gasteiger charge is 2.38. The van der Waals surface area contributed by atoms with Gasteiger partial charge in [0.2, 0.25) is 0 Å². The first kappa shape index (κ1) is 88.9. The standard InChI is InChI=1S/C22H19ClN4O.C22H19FN4O.C22H19IN4O.C21H17BrN4O.C20H17N5O/c3*1-12-21-20(22(24)28)25-11-27(21)18-9-8-14(13-6-7-13)10-16(18)19(26-12)15-4-2-3-5-17(15)23;22-16-4-2-1-3-14(16)19-15-9-13(12-5-6-12)7-8-17(15)26-11-25-20(21(23)27)18(26)10-24-19;21-20(26)19-17-10-23-18(15-3-1-2-8-22-15)14-9-13(12-4-5-12)6-7-16(14)25(17)11-24-19/h3*2-5,8-13H,6-7H2,1H3,(H2,24,28);1-4,7-9,11-12H,5-6,10H2,(H2,23,27);1-3,6-9,11-12H,4-5,10H2,(H2,21,26)/t3*12-;;/m110../s1. The number of rotatable bonds is 15. The van der Waals surface area contributed by atoms with Gasteiger partial charge in [-0.1, -0.05) is 131 Å². The number of amides is 5. The molecule has 0 spiro atoms. The molecule has 682 valence electrons. The number of primary amides is 5. The van der Waals surface area contributed by atoms with Crippen molar-refractivity contribution >= 4 is 108 Å². The Morgan fingerprint density at radius 2 is 0.657 bits per heavy atom. The van der Waals surface area contributed by atoms with Gasteiger partial charge in [-0.15, -0.1) is 0 Å². The van der Waals surface area contributed by atoms with Gasteiger partial charge in [-0.25, -0.2) is 29.3 Å². The number of imidazole rings is 5. The monoisotopic (exact) mass is 2010 g/mol. The first-order valence-corrected chi connectivity index (χ1v) is 48.0. The van der Waals surface area contributed by atoms with Crippen LogP contribution in [-0.2, 0) is 13.1 Å². The Morgan fingerprint density at radius 1 is 0.343 bits per heavy atom. The van der Waals surface area contributed by atoms with Gasteiger partial charge in [0.1, 0.15) is 37.5 Å². The third-order valence-electron chi connectivity index (χ3n) is 26.6. The normalized spacial score (nSPS) is 17.1. The molecule has 5 fully saturated rings. The number of carbonyl (C=O) groups excluding carboxylic acids is 5. The van der Waals surface area contributed by atoms with Crippen LogP contribution in [0.2, 0.25) is 5.02 Å². The van der Waals surface area contributed by atoms with Gasteiger partial charge >= 0.3 is 0 Å². The van der Waals surface area contributed by atoms with Crippen molar-refractivity contribution in [3.8, 4) is 28.4 Å². The Bertz CT molecular complexity index is 7240. The zero-order valence-electron chi connectivity index (χ0n) is 74.8. The third kappa shape index (κ3) is 17.3. The van der Waals surface area contributed by atoms with Gasteiger partial charge in [-0.05, 0) is 268 Å². The Balaban J connectivity index is 0.000000102. The van der Waals surface area contributed by atoms with E-state index in [1.54, 1.807) is 56.0 Å². The number of aliphatic imine (C=N–C) groups is 5. The number of benzene rings is 9. The number of carbonyl (C=O) groups is 5. The minimum Gasteiger partial charge on any atom is -0.364 e. The van der Waals surface area contributed by atoms with E-state index in [0.29, 0.717) is 76.1 Å². The quantitative estimate of drug-likeness (QED) is 0.0600. The second-order valence-electron chi connectivity index (χ2n) is 35.9. The van der Waals surface area contributed by atoms with Crippen molar-refractivity contribution in [3.05, 3.63) is 403 Å². The lowest BCUT2D eigenvalue weighted by atomic mass is 9.96. The molecule has 0 unspecified atom stereocenters. The predicted molar refractivity (Wildman–Crippen MR) is 537 cm³/mol. The first-order chi connectivity index (χ1) is 66.5. The Hall–Kier alpha value is -14.7. The molecular formula is C107H91BrClFIN21O5. The van der Waals surface area contributed by atoms with E-state index in [2.05, 4.69) is 172 Å². The molecule has 10 aliphatic rings. The number of fused-ring (bicyclic) bond motifs is 15. The van der Waals surface area contributed by atoms with Crippen molar-refractivity contribution < 1.29 is 28.4 Å². The van der Waals surface area contributed by atoms with Crippen LogP contribution in [-0.4, -0.2) is 111 Å². The summed E-state index contributed by atoms with van der Waals surface area (Å²) in [5, 5.41) is 0.649. The maximum Gasteiger partial charge on any atom is 0.269 e. The molecule has 0 bridgehead atoms. The highest BCUT2D eigenvalue weighted by molar-refractivity contribution is 14.1. The minimum absolute atomic E-state index is 0.197. The van der Waals surface area contributed by atoms with E-state index in [1.165, 1.54) is 98.1 Å². The van der Waals surface area contributed by atoms with Crippen LogP contribution >= 0.6 is 50.1 Å². The van der Waals surface area contributed by atoms with Crippen molar-refractivity contribution in [2.45, 2.75) is 146 Å². The average molecular weight is 2010 g/mol. The van der Waals surface area contributed by atoms with Crippen LogP contribution in [0.5, 0.6) is 0 Å². The lowest BCUT2D eigenvalue weighted by molar-refractivity contribution is 0.0986. The van der Waals surface area contributed by atoms with E-state index in [-0.39, 0.29) is 46.4 Å². The smallest absolute Gasteiger partial charge is 0.269 e. The average Bonchev–Trinajstić information content (AvgIpc) is 1.60. The number of pyridine rings is 1. The number of hydrogen-bond donors (Lipinski definition) is 5. The highest BCUT2D eigenvalue weighted by Crippen LogP contribution is 2.49. The van der Waals surface area contributed by atoms with Crippen molar-refractivity contribution in [2.24, 2.45) is 53.6 Å². The van der Waals surface area contributed by atoms with E-state index in [0.717, 1.165) is 121 Å². The van der Waals surface area contributed by atoms with Crippen molar-refractivity contribution in [3.63, 3.8) is 0 Å². The van der Waals surface area contributed by atoms with E-state index < -0.39 is 35.6 Å². The molecule has 0 saturated heterocycles. The number of aromatic nitrogens is 11. The van der Waals surface area contributed by atoms with E-state index in [4.69, 9.17) is 65.2 Å². The molecular weight excluding hydrogens is 1920 g/mol. The van der Waals surface area contributed by atoms with Crippen molar-refractivity contribution in [1.29, 1.82) is 0 Å². The van der Waals surface area contributed by atoms with Crippen LogP contribution in [0.3, 0.4) is 0 Å². The predicted octanol–water partition coefficient (Wildman–Crippen LogP) is 19.2. The molecule has 5 amide bonds. The summed E-state index contributed by atoms with van der Waals surface area (Å²) >= 11 is 12.5. The lowest BCUT2D eigenvalue weighted by Crippen LogP contribution is -2.15. The molecule has 25 rings (SSSR count). The molecule has 0 radical (unpaired) electrons. The molecule has 26 nitrogen and oxygen atoms in total. The zero-order valence-corrected chi connectivity index (χ0v) is 79.3. The molecule has 11 heterocycles. The summed E-state index contributed by atoms with van der Waals surface area (Å²) in [6.45, 7) is 6.49. The molecule has 15 aromatic rings. The maximum atomic E-state index is 14.7. The molecule has 6 aromatic heterocycles. The molecule has 137 heavy (non-hydrogen) atoms. The van der Waals surface area contributed by atoms with Gasteiger partial charge < -0.3 is 28.7 Å². The fourth-order valence-corrected chi connectivity index (χ4v) is 20.4. The largest absolute Gasteiger partial charge is 0.364 e. The Labute approximate surface area is 814 Å². The second kappa shape index (κ2) is 36.5. The van der Waals surface area contributed by atoms with Crippen LogP contribution in [0.1, 0.15) is 297 Å². The van der Waals surface area contributed by atoms with Crippen LogP contribution in [0.15, 0.2) is 274 Å². The summed E-state index contributed by atoms with van der Waals surface area (Å²) in [5.74, 6) is 0.0316. The number of nitrogens with two attached hydrogens (primary N) is 5. The summed E-state index contributed by atoms with van der Waals surface area (Å²) in [5.41, 5.74) is 57.1.